The Morgan fingerprint density at radius 2 is 2.21 bits per heavy atom. The minimum atomic E-state index is -0.361. The highest BCUT2D eigenvalue weighted by Crippen LogP contribution is 2.21. The number of amides is 1. The number of aromatic hydroxyl groups is 1. The van der Waals surface area contributed by atoms with Gasteiger partial charge in [0, 0.05) is 17.4 Å². The summed E-state index contributed by atoms with van der Waals surface area (Å²) in [6, 6.07) is 4.31. The zero-order chi connectivity index (χ0) is 10.6. The number of carbonyl (C=O) groups excluding carboxylic acids is 1. The Morgan fingerprint density at radius 1 is 1.50 bits per heavy atom. The van der Waals surface area contributed by atoms with E-state index in [1.165, 1.54) is 18.2 Å². The Labute approximate surface area is 91.6 Å². The van der Waals surface area contributed by atoms with E-state index in [4.69, 9.17) is 23.2 Å². The van der Waals surface area contributed by atoms with Gasteiger partial charge in [0.1, 0.15) is 5.75 Å². The van der Waals surface area contributed by atoms with Crippen LogP contribution in [0.15, 0.2) is 18.2 Å². The molecule has 0 aliphatic carbocycles. The minimum absolute atomic E-state index is 0.135. The smallest absolute Gasteiger partial charge is 0.255 e. The van der Waals surface area contributed by atoms with Gasteiger partial charge in [-0.15, -0.1) is 11.6 Å². The number of halogens is 2. The Balaban J connectivity index is 2.80. The van der Waals surface area contributed by atoms with Crippen LogP contribution in [0.5, 0.6) is 5.75 Å². The second-order valence-corrected chi connectivity index (χ2v) is 3.42. The van der Waals surface area contributed by atoms with Crippen LogP contribution in [0, 0.1) is 0 Å². The van der Waals surface area contributed by atoms with Gasteiger partial charge in [-0.3, -0.25) is 4.79 Å². The van der Waals surface area contributed by atoms with Crippen LogP contribution in [0.2, 0.25) is 5.02 Å². The summed E-state index contributed by atoms with van der Waals surface area (Å²) in [5.41, 5.74) is 0.194. The second kappa shape index (κ2) is 5.08. The maximum absolute atomic E-state index is 11.4. The molecule has 0 heterocycles. The van der Waals surface area contributed by atoms with Crippen LogP contribution in [0.1, 0.15) is 10.4 Å². The highest BCUT2D eigenvalue weighted by molar-refractivity contribution is 6.30. The first-order chi connectivity index (χ1) is 6.65. The predicted molar refractivity (Wildman–Crippen MR) is 56.2 cm³/mol. The number of hydrogen-bond acceptors (Lipinski definition) is 2. The third-order valence-corrected chi connectivity index (χ3v) is 2.01. The molecule has 0 saturated heterocycles. The summed E-state index contributed by atoms with van der Waals surface area (Å²) in [5.74, 6) is -0.163. The molecule has 0 unspecified atom stereocenters. The van der Waals surface area contributed by atoms with Crippen LogP contribution in [0.4, 0.5) is 0 Å². The molecule has 0 saturated carbocycles. The molecule has 0 radical (unpaired) electrons. The summed E-state index contributed by atoms with van der Waals surface area (Å²) >= 11 is 11.0. The number of carbonyl (C=O) groups is 1. The molecule has 2 N–H and O–H groups in total. The molecule has 1 amide bonds. The van der Waals surface area contributed by atoms with Gasteiger partial charge in [-0.2, -0.15) is 0 Å². The standard InChI is InChI=1S/C9H9Cl2NO2/c10-3-4-12-9(14)7-2-1-6(11)5-8(7)13/h1-2,5,13H,3-4H2,(H,12,14). The van der Waals surface area contributed by atoms with E-state index in [2.05, 4.69) is 5.32 Å². The monoisotopic (exact) mass is 233 g/mol. The first kappa shape index (κ1) is 11.1. The number of rotatable bonds is 3. The maximum Gasteiger partial charge on any atom is 0.255 e. The van der Waals surface area contributed by atoms with Gasteiger partial charge in [-0.05, 0) is 18.2 Å². The van der Waals surface area contributed by atoms with Gasteiger partial charge in [-0.25, -0.2) is 0 Å². The number of alkyl halides is 1. The maximum atomic E-state index is 11.4. The van der Waals surface area contributed by atoms with Crippen LogP contribution in [0.25, 0.3) is 0 Å². The third kappa shape index (κ3) is 2.79. The Morgan fingerprint density at radius 3 is 2.79 bits per heavy atom. The number of phenolic OH excluding ortho intramolecular Hbond substituents is 1. The zero-order valence-corrected chi connectivity index (χ0v) is 8.77. The number of benzene rings is 1. The third-order valence-electron chi connectivity index (χ3n) is 1.58. The first-order valence-electron chi connectivity index (χ1n) is 3.98. The average Bonchev–Trinajstić information content (AvgIpc) is 2.14. The molecule has 1 aromatic carbocycles. The van der Waals surface area contributed by atoms with Crippen molar-refractivity contribution in [3.05, 3.63) is 28.8 Å². The highest BCUT2D eigenvalue weighted by atomic mass is 35.5. The van der Waals surface area contributed by atoms with Crippen molar-refractivity contribution in [1.29, 1.82) is 0 Å². The van der Waals surface area contributed by atoms with Crippen LogP contribution in [-0.4, -0.2) is 23.4 Å². The summed E-state index contributed by atoms with van der Waals surface area (Å²) in [4.78, 5) is 11.4. The van der Waals surface area contributed by atoms with Crippen molar-refractivity contribution in [2.24, 2.45) is 0 Å². The van der Waals surface area contributed by atoms with Gasteiger partial charge < -0.3 is 10.4 Å². The van der Waals surface area contributed by atoms with Crippen molar-refractivity contribution in [3.63, 3.8) is 0 Å². The van der Waals surface area contributed by atoms with E-state index in [0.717, 1.165) is 0 Å². The fourth-order valence-corrected chi connectivity index (χ4v) is 1.21. The molecule has 1 rings (SSSR count). The fraction of sp³-hybridized carbons (Fsp3) is 0.222. The molecule has 0 aliphatic heterocycles. The molecule has 1 aromatic rings. The van der Waals surface area contributed by atoms with Crippen molar-refractivity contribution >= 4 is 29.1 Å². The Hall–Kier alpha value is -0.930. The lowest BCUT2D eigenvalue weighted by Gasteiger charge is -2.05. The lowest BCUT2D eigenvalue weighted by atomic mass is 10.2. The molecule has 0 aliphatic rings. The summed E-state index contributed by atoms with van der Waals surface area (Å²) in [5, 5.41) is 12.3. The Bertz CT molecular complexity index is 342. The van der Waals surface area contributed by atoms with Crippen molar-refractivity contribution in [2.75, 3.05) is 12.4 Å². The molecule has 14 heavy (non-hydrogen) atoms. The SMILES string of the molecule is O=C(NCCCl)c1ccc(Cl)cc1O. The molecule has 0 spiro atoms. The molecular formula is C9H9Cl2NO2. The number of phenols is 1. The van der Waals surface area contributed by atoms with E-state index in [1.54, 1.807) is 0 Å². The average molecular weight is 234 g/mol. The van der Waals surface area contributed by atoms with Gasteiger partial charge in [0.05, 0.1) is 5.56 Å². The Kier molecular flexibility index (Phi) is 4.04. The van der Waals surface area contributed by atoms with E-state index in [1.807, 2.05) is 0 Å². The van der Waals surface area contributed by atoms with Crippen LogP contribution in [0.3, 0.4) is 0 Å². The summed E-state index contributed by atoms with van der Waals surface area (Å²) < 4.78 is 0. The second-order valence-electron chi connectivity index (χ2n) is 2.61. The summed E-state index contributed by atoms with van der Waals surface area (Å²) in [6.45, 7) is 0.364. The van der Waals surface area contributed by atoms with E-state index >= 15 is 0 Å². The zero-order valence-electron chi connectivity index (χ0n) is 7.26. The van der Waals surface area contributed by atoms with Gasteiger partial charge in [0.2, 0.25) is 0 Å². The lowest BCUT2D eigenvalue weighted by molar-refractivity contribution is 0.0953. The normalized spacial score (nSPS) is 9.86. The van der Waals surface area contributed by atoms with Crippen LogP contribution >= 0.6 is 23.2 Å². The molecule has 5 heteroatoms. The first-order valence-corrected chi connectivity index (χ1v) is 4.89. The summed E-state index contributed by atoms with van der Waals surface area (Å²) in [6.07, 6.45) is 0. The molecular weight excluding hydrogens is 225 g/mol. The predicted octanol–water partition coefficient (Wildman–Crippen LogP) is 2.01. The van der Waals surface area contributed by atoms with Crippen LogP contribution in [-0.2, 0) is 0 Å². The van der Waals surface area contributed by atoms with Gasteiger partial charge >= 0.3 is 0 Å². The number of nitrogens with one attached hydrogen (secondary N) is 1. The van der Waals surface area contributed by atoms with Gasteiger partial charge in [0.25, 0.3) is 5.91 Å². The highest BCUT2D eigenvalue weighted by Gasteiger charge is 2.09. The topological polar surface area (TPSA) is 49.3 Å². The van der Waals surface area contributed by atoms with Crippen molar-refractivity contribution in [2.45, 2.75) is 0 Å². The molecule has 76 valence electrons. The quantitative estimate of drug-likeness (QED) is 0.786. The van der Waals surface area contributed by atoms with E-state index < -0.39 is 0 Å². The lowest BCUT2D eigenvalue weighted by Crippen LogP contribution is -2.25. The van der Waals surface area contributed by atoms with Gasteiger partial charge in [0.15, 0.2) is 0 Å². The van der Waals surface area contributed by atoms with Crippen molar-refractivity contribution in [3.8, 4) is 5.75 Å². The molecule has 0 aromatic heterocycles. The molecule has 0 fully saturated rings. The van der Waals surface area contributed by atoms with E-state index in [-0.39, 0.29) is 17.2 Å². The minimum Gasteiger partial charge on any atom is -0.507 e. The molecule has 3 nitrogen and oxygen atoms in total. The van der Waals surface area contributed by atoms with Crippen molar-refractivity contribution in [1.82, 2.24) is 5.32 Å². The largest absolute Gasteiger partial charge is 0.507 e. The van der Waals surface area contributed by atoms with Crippen LogP contribution < -0.4 is 5.32 Å². The van der Waals surface area contributed by atoms with Crippen molar-refractivity contribution < 1.29 is 9.90 Å². The molecule has 0 bridgehead atoms. The van der Waals surface area contributed by atoms with E-state index in [0.29, 0.717) is 17.4 Å². The summed E-state index contributed by atoms with van der Waals surface area (Å²) in [7, 11) is 0. The molecule has 0 atom stereocenters. The number of hydrogen-bond donors (Lipinski definition) is 2. The van der Waals surface area contributed by atoms with Gasteiger partial charge in [-0.1, -0.05) is 11.6 Å². The fourth-order valence-electron chi connectivity index (χ4n) is 0.953. The van der Waals surface area contributed by atoms with E-state index in [9.17, 15) is 9.90 Å².